The molecule has 5 N–H and O–H groups in total. The van der Waals surface area contributed by atoms with Crippen molar-refractivity contribution >= 4 is 39.9 Å². The van der Waals surface area contributed by atoms with E-state index in [1.54, 1.807) is 0 Å². The fraction of sp³-hybridized carbons (Fsp3) is 0.500. The molecule has 1 saturated heterocycles. The third-order valence-corrected chi connectivity index (χ3v) is 4.61. The van der Waals surface area contributed by atoms with Gasteiger partial charge in [0.1, 0.15) is 16.9 Å². The minimum Gasteiger partial charge on any atom is -0.394 e. The van der Waals surface area contributed by atoms with E-state index in [2.05, 4.69) is 9.97 Å². The number of nitrogens with zero attached hydrogens (tertiary/aromatic N) is 2. The van der Waals surface area contributed by atoms with Crippen LogP contribution in [0.2, 0.25) is 0 Å². The second kappa shape index (κ2) is 5.10. The van der Waals surface area contributed by atoms with E-state index < -0.39 is 36.8 Å². The van der Waals surface area contributed by atoms with Crippen LogP contribution in [-0.4, -0.2) is 49.7 Å². The van der Waals surface area contributed by atoms with Crippen molar-refractivity contribution in [3.05, 3.63) is 14.3 Å². The fourth-order valence-corrected chi connectivity index (χ4v) is 3.52. The maximum atomic E-state index is 14.2. The van der Waals surface area contributed by atoms with Crippen LogP contribution in [0.4, 0.5) is 10.3 Å². The summed E-state index contributed by atoms with van der Waals surface area (Å²) in [5, 5.41) is 18.7. The molecule has 3 heterocycles. The molecule has 11 heteroatoms. The Morgan fingerprint density at radius 1 is 1.62 bits per heavy atom. The SMILES string of the molecule is Nc1nc2c(sc(=S)n2[C@@H]2O[C@H](CO)[C@@H](O)[C@@H]2F)c(=O)[nH]1. The number of nitrogen functional groups attached to an aromatic ring is 1. The van der Waals surface area contributed by atoms with E-state index in [0.29, 0.717) is 0 Å². The molecule has 114 valence electrons. The summed E-state index contributed by atoms with van der Waals surface area (Å²) in [5.41, 5.74) is 5.09. The number of hydrogen-bond acceptors (Lipinski definition) is 8. The lowest BCUT2D eigenvalue weighted by atomic mass is 10.1. The molecule has 2 aromatic rings. The molecule has 0 aliphatic carbocycles. The molecule has 8 nitrogen and oxygen atoms in total. The maximum absolute atomic E-state index is 14.2. The Morgan fingerprint density at radius 3 is 2.95 bits per heavy atom. The molecule has 0 bridgehead atoms. The Bertz CT molecular complexity index is 802. The van der Waals surface area contributed by atoms with Crippen molar-refractivity contribution in [2.75, 3.05) is 12.3 Å². The van der Waals surface area contributed by atoms with E-state index in [-0.39, 0.29) is 20.2 Å². The van der Waals surface area contributed by atoms with Crippen LogP contribution in [-0.2, 0) is 4.74 Å². The molecule has 0 saturated carbocycles. The molecule has 4 atom stereocenters. The zero-order chi connectivity index (χ0) is 15.3. The highest BCUT2D eigenvalue weighted by molar-refractivity contribution is 7.73. The summed E-state index contributed by atoms with van der Waals surface area (Å²) in [5.74, 6) is -0.137. The summed E-state index contributed by atoms with van der Waals surface area (Å²) in [6, 6.07) is 0. The van der Waals surface area contributed by atoms with E-state index in [4.69, 9.17) is 27.8 Å². The van der Waals surface area contributed by atoms with Crippen molar-refractivity contribution in [3.63, 3.8) is 0 Å². The molecule has 1 aliphatic heterocycles. The van der Waals surface area contributed by atoms with Gasteiger partial charge in [-0.2, -0.15) is 4.98 Å². The number of fused-ring (bicyclic) bond motifs is 1. The number of nitrogens with two attached hydrogens (primary N) is 1. The van der Waals surface area contributed by atoms with Gasteiger partial charge in [-0.15, -0.1) is 0 Å². The molecule has 0 spiro atoms. The van der Waals surface area contributed by atoms with Crippen LogP contribution >= 0.6 is 23.6 Å². The number of ether oxygens (including phenoxy) is 1. The van der Waals surface area contributed by atoms with Crippen molar-refractivity contribution in [1.82, 2.24) is 14.5 Å². The molecule has 3 rings (SSSR count). The highest BCUT2D eigenvalue weighted by Crippen LogP contribution is 2.35. The van der Waals surface area contributed by atoms with Gasteiger partial charge in [0, 0.05) is 0 Å². The molecule has 0 amide bonds. The van der Waals surface area contributed by atoms with Crippen molar-refractivity contribution < 1.29 is 19.3 Å². The van der Waals surface area contributed by atoms with Gasteiger partial charge in [0.2, 0.25) is 5.95 Å². The Hall–Kier alpha value is -1.40. The van der Waals surface area contributed by atoms with E-state index in [9.17, 15) is 14.3 Å². The third-order valence-electron chi connectivity index (χ3n) is 3.22. The molecule has 0 radical (unpaired) electrons. The quantitative estimate of drug-likeness (QED) is 0.555. The van der Waals surface area contributed by atoms with E-state index >= 15 is 0 Å². The average molecular weight is 334 g/mol. The van der Waals surface area contributed by atoms with Gasteiger partial charge in [0.05, 0.1) is 6.61 Å². The van der Waals surface area contributed by atoms with Gasteiger partial charge >= 0.3 is 0 Å². The van der Waals surface area contributed by atoms with Gasteiger partial charge in [-0.05, 0) is 12.2 Å². The van der Waals surface area contributed by atoms with E-state index in [0.717, 1.165) is 11.3 Å². The first-order chi connectivity index (χ1) is 9.93. The van der Waals surface area contributed by atoms with Crippen molar-refractivity contribution in [1.29, 1.82) is 0 Å². The van der Waals surface area contributed by atoms with Crippen LogP contribution in [0, 0.1) is 3.95 Å². The standard InChI is InChI=1S/C10H11FN4O4S2/c11-3-4(17)2(1-16)19-8(3)15-6-5(21-10(15)20)7(18)14-9(12)13-6/h2-4,8,16-17H,1H2,(H3,12,13,14,18)/t2-,3+,4-,8-/m1/s1. The number of aromatic nitrogens is 3. The average Bonchev–Trinajstić information content (AvgIpc) is 2.89. The number of thiazole rings is 1. The summed E-state index contributed by atoms with van der Waals surface area (Å²) in [7, 11) is 0. The topological polar surface area (TPSA) is 126 Å². The summed E-state index contributed by atoms with van der Waals surface area (Å²) >= 11 is 6.05. The number of nitrogens with one attached hydrogen (secondary N) is 1. The summed E-state index contributed by atoms with van der Waals surface area (Å²) < 4.78 is 21.0. The Labute approximate surface area is 125 Å². The molecular weight excluding hydrogens is 323 g/mol. The van der Waals surface area contributed by atoms with Crippen LogP contribution in [0.5, 0.6) is 0 Å². The number of anilines is 1. The fourth-order valence-electron chi connectivity index (χ4n) is 2.23. The predicted molar refractivity (Wildman–Crippen MR) is 75.4 cm³/mol. The number of H-pyrrole nitrogens is 1. The minimum absolute atomic E-state index is 0.0877. The largest absolute Gasteiger partial charge is 0.394 e. The third kappa shape index (κ3) is 2.17. The second-order valence-corrected chi connectivity index (χ2v) is 6.17. The van der Waals surface area contributed by atoms with Crippen LogP contribution < -0.4 is 11.3 Å². The molecule has 1 fully saturated rings. The van der Waals surface area contributed by atoms with Crippen LogP contribution in [0.1, 0.15) is 6.23 Å². The summed E-state index contributed by atoms with van der Waals surface area (Å²) in [4.78, 5) is 18.1. The number of aromatic amines is 1. The summed E-state index contributed by atoms with van der Waals surface area (Å²) in [6.45, 7) is -0.538. The van der Waals surface area contributed by atoms with Crippen LogP contribution in [0.15, 0.2) is 4.79 Å². The van der Waals surface area contributed by atoms with Gasteiger partial charge < -0.3 is 20.7 Å². The van der Waals surface area contributed by atoms with Gasteiger partial charge in [-0.3, -0.25) is 14.3 Å². The van der Waals surface area contributed by atoms with Gasteiger partial charge in [-0.25, -0.2) is 4.39 Å². The first-order valence-corrected chi connectivity index (χ1v) is 7.15. The number of aliphatic hydroxyl groups excluding tert-OH is 2. The lowest BCUT2D eigenvalue weighted by Gasteiger charge is -2.15. The molecular formula is C10H11FN4O4S2. The number of halogens is 1. The minimum atomic E-state index is -1.81. The van der Waals surface area contributed by atoms with Gasteiger partial charge in [0.15, 0.2) is 22.0 Å². The molecule has 21 heavy (non-hydrogen) atoms. The number of alkyl halides is 1. The normalized spacial score (nSPS) is 29.3. The van der Waals surface area contributed by atoms with E-state index in [1.165, 1.54) is 4.57 Å². The highest BCUT2D eigenvalue weighted by atomic mass is 32.1. The molecule has 2 aromatic heterocycles. The molecule has 1 aliphatic rings. The zero-order valence-corrected chi connectivity index (χ0v) is 12.0. The Morgan fingerprint density at radius 2 is 2.33 bits per heavy atom. The second-order valence-electron chi connectivity index (χ2n) is 4.52. The van der Waals surface area contributed by atoms with Crippen LogP contribution in [0.25, 0.3) is 10.3 Å². The van der Waals surface area contributed by atoms with Gasteiger partial charge in [0.25, 0.3) is 5.56 Å². The zero-order valence-electron chi connectivity index (χ0n) is 10.4. The smallest absolute Gasteiger partial charge is 0.271 e. The Balaban J connectivity index is 2.20. The van der Waals surface area contributed by atoms with Crippen molar-refractivity contribution in [3.8, 4) is 0 Å². The molecule has 0 aromatic carbocycles. The first kappa shape index (κ1) is 14.5. The highest BCUT2D eigenvalue weighted by Gasteiger charge is 2.45. The van der Waals surface area contributed by atoms with Crippen LogP contribution in [0.3, 0.4) is 0 Å². The summed E-state index contributed by atoms with van der Waals surface area (Å²) in [6.07, 6.45) is -5.64. The number of rotatable bonds is 2. The van der Waals surface area contributed by atoms with E-state index in [1.807, 2.05) is 0 Å². The lowest BCUT2D eigenvalue weighted by Crippen LogP contribution is -2.30. The van der Waals surface area contributed by atoms with Gasteiger partial charge in [-0.1, -0.05) is 11.3 Å². The molecule has 0 unspecified atom stereocenters. The maximum Gasteiger partial charge on any atom is 0.271 e. The van der Waals surface area contributed by atoms with Crippen molar-refractivity contribution in [2.45, 2.75) is 24.6 Å². The Kier molecular flexibility index (Phi) is 3.53. The lowest BCUT2D eigenvalue weighted by molar-refractivity contribution is -0.0459. The first-order valence-electron chi connectivity index (χ1n) is 5.93. The number of hydrogen-bond donors (Lipinski definition) is 4. The predicted octanol–water partition coefficient (Wildman–Crippen LogP) is -0.314. The van der Waals surface area contributed by atoms with Crippen molar-refractivity contribution in [2.24, 2.45) is 0 Å². The number of aliphatic hydroxyl groups is 2. The monoisotopic (exact) mass is 334 g/mol.